The first-order valence-electron chi connectivity index (χ1n) is 5.92. The Morgan fingerprint density at radius 1 is 1.21 bits per heavy atom. The summed E-state index contributed by atoms with van der Waals surface area (Å²) in [6, 6.07) is 0.463. The molecule has 3 heteroatoms. The van der Waals surface area contributed by atoms with E-state index in [9.17, 15) is 0 Å². The Morgan fingerprint density at radius 2 is 2.14 bits per heavy atom. The van der Waals surface area contributed by atoms with E-state index in [1.54, 1.807) is 0 Å². The van der Waals surface area contributed by atoms with Gasteiger partial charge in [0, 0.05) is 19.2 Å². The number of ether oxygens (including phenoxy) is 1. The van der Waals surface area contributed by atoms with Gasteiger partial charge in [-0.1, -0.05) is 0 Å². The van der Waals surface area contributed by atoms with Gasteiger partial charge in [0.1, 0.15) is 0 Å². The third-order valence-electron chi connectivity index (χ3n) is 3.41. The van der Waals surface area contributed by atoms with Crippen molar-refractivity contribution in [2.24, 2.45) is 11.7 Å². The van der Waals surface area contributed by atoms with Crippen LogP contribution in [-0.2, 0) is 4.74 Å². The molecule has 1 heterocycles. The molecule has 0 radical (unpaired) electrons. The molecule has 2 rings (SSSR count). The molecule has 1 aliphatic carbocycles. The summed E-state index contributed by atoms with van der Waals surface area (Å²) < 4.78 is 5.55. The van der Waals surface area contributed by atoms with Crippen LogP contribution in [0.1, 0.15) is 32.1 Å². The van der Waals surface area contributed by atoms with E-state index >= 15 is 0 Å². The Bertz CT molecular complexity index is 169. The van der Waals surface area contributed by atoms with Crippen LogP contribution in [0.3, 0.4) is 0 Å². The zero-order chi connectivity index (χ0) is 9.80. The first-order chi connectivity index (χ1) is 6.84. The average molecular weight is 198 g/mol. The third kappa shape index (κ3) is 2.94. The van der Waals surface area contributed by atoms with Crippen LogP contribution in [0.5, 0.6) is 0 Å². The second-order valence-electron chi connectivity index (χ2n) is 4.73. The Hall–Kier alpha value is -0.120. The standard InChI is InChI=1S/C11H22N2O/c12-10-4-3-9(6-10)7-13-8-11-2-1-5-14-11/h9-11,13H,1-8,12H2. The predicted octanol–water partition coefficient (Wildman–Crippen LogP) is 0.882. The van der Waals surface area contributed by atoms with Crippen LogP contribution in [0, 0.1) is 5.92 Å². The van der Waals surface area contributed by atoms with E-state index in [0.717, 1.165) is 25.6 Å². The molecule has 2 aliphatic rings. The molecule has 0 aromatic heterocycles. The lowest BCUT2D eigenvalue weighted by Crippen LogP contribution is -2.30. The van der Waals surface area contributed by atoms with E-state index < -0.39 is 0 Å². The van der Waals surface area contributed by atoms with Crippen molar-refractivity contribution < 1.29 is 4.74 Å². The summed E-state index contributed by atoms with van der Waals surface area (Å²) in [6.45, 7) is 3.12. The molecular formula is C11H22N2O. The van der Waals surface area contributed by atoms with Crippen molar-refractivity contribution in [3.8, 4) is 0 Å². The van der Waals surface area contributed by atoms with E-state index in [-0.39, 0.29) is 0 Å². The Labute approximate surface area is 86.4 Å². The molecule has 0 aromatic carbocycles. The highest BCUT2D eigenvalue weighted by atomic mass is 16.5. The Balaban J connectivity index is 1.54. The molecule has 2 fully saturated rings. The third-order valence-corrected chi connectivity index (χ3v) is 3.41. The van der Waals surface area contributed by atoms with Gasteiger partial charge in [-0.2, -0.15) is 0 Å². The topological polar surface area (TPSA) is 47.3 Å². The number of nitrogens with one attached hydrogen (secondary N) is 1. The largest absolute Gasteiger partial charge is 0.377 e. The van der Waals surface area contributed by atoms with Gasteiger partial charge < -0.3 is 15.8 Å². The fourth-order valence-electron chi connectivity index (χ4n) is 2.55. The highest BCUT2D eigenvalue weighted by Gasteiger charge is 2.22. The summed E-state index contributed by atoms with van der Waals surface area (Å²) in [4.78, 5) is 0. The summed E-state index contributed by atoms with van der Waals surface area (Å²) in [5.74, 6) is 0.811. The molecule has 1 saturated carbocycles. The second kappa shape index (κ2) is 5.10. The van der Waals surface area contributed by atoms with Crippen LogP contribution in [0.2, 0.25) is 0 Å². The molecule has 0 spiro atoms. The first kappa shape index (κ1) is 10.4. The van der Waals surface area contributed by atoms with E-state index in [4.69, 9.17) is 10.5 Å². The maximum absolute atomic E-state index is 5.87. The van der Waals surface area contributed by atoms with Gasteiger partial charge in [-0.3, -0.25) is 0 Å². The highest BCUT2D eigenvalue weighted by molar-refractivity contribution is 4.79. The zero-order valence-corrected chi connectivity index (χ0v) is 8.87. The lowest BCUT2D eigenvalue weighted by molar-refractivity contribution is 0.109. The molecule has 3 atom stereocenters. The molecule has 1 saturated heterocycles. The molecule has 3 nitrogen and oxygen atoms in total. The van der Waals surface area contributed by atoms with E-state index in [0.29, 0.717) is 12.1 Å². The minimum Gasteiger partial charge on any atom is -0.377 e. The van der Waals surface area contributed by atoms with E-state index in [1.165, 1.54) is 32.1 Å². The molecule has 14 heavy (non-hydrogen) atoms. The van der Waals surface area contributed by atoms with Crippen molar-refractivity contribution in [2.45, 2.75) is 44.2 Å². The van der Waals surface area contributed by atoms with Crippen LogP contribution >= 0.6 is 0 Å². The van der Waals surface area contributed by atoms with Gasteiger partial charge in [0.15, 0.2) is 0 Å². The summed E-state index contributed by atoms with van der Waals surface area (Å²) in [5.41, 5.74) is 5.87. The molecular weight excluding hydrogens is 176 g/mol. The van der Waals surface area contributed by atoms with Gasteiger partial charge in [-0.05, 0) is 44.6 Å². The van der Waals surface area contributed by atoms with Crippen LogP contribution in [0.15, 0.2) is 0 Å². The van der Waals surface area contributed by atoms with E-state index in [1.807, 2.05) is 0 Å². The fraction of sp³-hybridized carbons (Fsp3) is 1.00. The maximum atomic E-state index is 5.87. The smallest absolute Gasteiger partial charge is 0.0700 e. The molecule has 82 valence electrons. The van der Waals surface area contributed by atoms with Crippen molar-refractivity contribution in [2.75, 3.05) is 19.7 Å². The lowest BCUT2D eigenvalue weighted by atomic mass is 10.1. The van der Waals surface area contributed by atoms with Crippen LogP contribution in [-0.4, -0.2) is 31.8 Å². The summed E-state index contributed by atoms with van der Waals surface area (Å²) in [6.07, 6.45) is 6.67. The zero-order valence-electron chi connectivity index (χ0n) is 8.87. The summed E-state index contributed by atoms with van der Waals surface area (Å²) >= 11 is 0. The monoisotopic (exact) mass is 198 g/mol. The highest BCUT2D eigenvalue weighted by Crippen LogP contribution is 2.23. The quantitative estimate of drug-likeness (QED) is 0.705. The van der Waals surface area contributed by atoms with Gasteiger partial charge in [0.25, 0.3) is 0 Å². The number of hydrogen-bond acceptors (Lipinski definition) is 3. The number of hydrogen-bond donors (Lipinski definition) is 2. The van der Waals surface area contributed by atoms with Crippen LogP contribution in [0.4, 0.5) is 0 Å². The first-order valence-corrected chi connectivity index (χ1v) is 5.92. The number of nitrogens with two attached hydrogens (primary N) is 1. The molecule has 3 unspecified atom stereocenters. The summed E-state index contributed by atoms with van der Waals surface area (Å²) in [5, 5.41) is 3.51. The average Bonchev–Trinajstić information content (AvgIpc) is 2.77. The van der Waals surface area contributed by atoms with Crippen molar-refractivity contribution in [1.29, 1.82) is 0 Å². The molecule has 0 amide bonds. The van der Waals surface area contributed by atoms with Gasteiger partial charge in [-0.25, -0.2) is 0 Å². The van der Waals surface area contributed by atoms with Gasteiger partial charge >= 0.3 is 0 Å². The SMILES string of the molecule is NC1CCC(CNCC2CCCO2)C1. The molecule has 1 aliphatic heterocycles. The Kier molecular flexibility index (Phi) is 3.79. The minimum absolute atomic E-state index is 0.463. The van der Waals surface area contributed by atoms with Crippen molar-refractivity contribution >= 4 is 0 Å². The molecule has 0 bridgehead atoms. The number of rotatable bonds is 4. The van der Waals surface area contributed by atoms with Crippen molar-refractivity contribution in [1.82, 2.24) is 5.32 Å². The van der Waals surface area contributed by atoms with E-state index in [2.05, 4.69) is 5.32 Å². The minimum atomic E-state index is 0.463. The van der Waals surface area contributed by atoms with Gasteiger partial charge in [0.2, 0.25) is 0 Å². The van der Waals surface area contributed by atoms with Crippen molar-refractivity contribution in [3.63, 3.8) is 0 Å². The van der Waals surface area contributed by atoms with Gasteiger partial charge in [0.05, 0.1) is 6.10 Å². The van der Waals surface area contributed by atoms with Crippen molar-refractivity contribution in [3.05, 3.63) is 0 Å². The second-order valence-corrected chi connectivity index (χ2v) is 4.73. The fourth-order valence-corrected chi connectivity index (χ4v) is 2.55. The normalized spacial score (nSPS) is 37.9. The van der Waals surface area contributed by atoms with Gasteiger partial charge in [-0.15, -0.1) is 0 Å². The maximum Gasteiger partial charge on any atom is 0.0700 e. The Morgan fingerprint density at radius 3 is 2.79 bits per heavy atom. The predicted molar refractivity (Wildman–Crippen MR) is 57.2 cm³/mol. The van der Waals surface area contributed by atoms with Crippen LogP contribution < -0.4 is 11.1 Å². The van der Waals surface area contributed by atoms with Crippen LogP contribution in [0.25, 0.3) is 0 Å². The molecule has 0 aromatic rings. The lowest BCUT2D eigenvalue weighted by Gasteiger charge is -2.14. The summed E-state index contributed by atoms with van der Waals surface area (Å²) in [7, 11) is 0. The molecule has 3 N–H and O–H groups in total.